The molecule has 0 N–H and O–H groups in total. The first kappa shape index (κ1) is 32.7. The molecule has 0 fully saturated rings. The van der Waals surface area contributed by atoms with Crippen molar-refractivity contribution in [2.45, 2.75) is 0 Å². The second kappa shape index (κ2) is 12.8. The van der Waals surface area contributed by atoms with Crippen LogP contribution in [0.2, 0.25) is 0 Å². The Bertz CT molecular complexity index is 3420. The maximum absolute atomic E-state index is 6.65. The molecule has 0 aliphatic rings. The van der Waals surface area contributed by atoms with E-state index < -0.39 is 8.07 Å². The van der Waals surface area contributed by atoms with E-state index in [1.54, 1.807) is 0 Å². The van der Waals surface area contributed by atoms with Crippen LogP contribution in [0.3, 0.4) is 0 Å². The number of furan rings is 1. The zero-order chi connectivity index (χ0) is 38.2. The fraction of sp³-hybridized carbons (Fsp3) is 0. The molecule has 0 amide bonds. The van der Waals surface area contributed by atoms with Crippen LogP contribution in [0, 0.1) is 0 Å². The number of nitrogens with zero attached hydrogens (tertiary/aromatic N) is 3. The maximum Gasteiger partial charge on any atom is 0.179 e. The van der Waals surface area contributed by atoms with Crippen molar-refractivity contribution in [3.05, 3.63) is 212 Å². The molecule has 0 aliphatic heterocycles. The monoisotopic (exact) mass is 757 g/mol. The Hall–Kier alpha value is -7.47. The molecule has 0 bridgehead atoms. The number of para-hydroxylation sites is 3. The van der Waals surface area contributed by atoms with Crippen molar-refractivity contribution < 1.29 is 4.42 Å². The highest BCUT2D eigenvalue weighted by Gasteiger charge is 2.41. The van der Waals surface area contributed by atoms with Crippen LogP contribution in [0.5, 0.6) is 0 Å². The Kier molecular flexibility index (Phi) is 7.21. The van der Waals surface area contributed by atoms with E-state index in [9.17, 15) is 0 Å². The average Bonchev–Trinajstić information content (AvgIpc) is 3.96. The largest absolute Gasteiger partial charge is 0.455 e. The summed E-state index contributed by atoms with van der Waals surface area (Å²) in [6, 6.07) is 75.3. The normalized spacial score (nSPS) is 12.1. The summed E-state index contributed by atoms with van der Waals surface area (Å²) >= 11 is 0. The highest BCUT2D eigenvalue weighted by molar-refractivity contribution is 7.19. The maximum atomic E-state index is 6.65. The lowest BCUT2D eigenvalue weighted by Crippen LogP contribution is -2.74. The molecule has 4 nitrogen and oxygen atoms in total. The fourth-order valence-corrected chi connectivity index (χ4v) is 14.4. The van der Waals surface area contributed by atoms with Gasteiger partial charge in [-0.3, -0.25) is 4.57 Å². The number of rotatable bonds is 6. The molecule has 12 aromatic rings. The van der Waals surface area contributed by atoms with Crippen molar-refractivity contribution >= 4 is 94.5 Å². The first-order chi connectivity index (χ1) is 28.8. The molecule has 0 aliphatic carbocycles. The van der Waals surface area contributed by atoms with Gasteiger partial charge < -0.3 is 8.98 Å². The van der Waals surface area contributed by atoms with Gasteiger partial charge in [-0.05, 0) is 87.5 Å². The molecular weight excluding hydrogens is 723 g/mol. The van der Waals surface area contributed by atoms with Gasteiger partial charge in [0, 0.05) is 44.5 Å². The molecule has 8 aromatic carbocycles. The number of fused-ring (bicyclic) bond motifs is 10. The lowest BCUT2D eigenvalue weighted by Gasteiger charge is -2.35. The highest BCUT2D eigenvalue weighted by atomic mass is 28.3. The number of pyridine rings is 1. The topological polar surface area (TPSA) is 35.9 Å². The second-order valence-electron chi connectivity index (χ2n) is 15.1. The number of benzene rings is 8. The summed E-state index contributed by atoms with van der Waals surface area (Å²) in [6.45, 7) is 0. The third-order valence-corrected chi connectivity index (χ3v) is 16.9. The lowest BCUT2D eigenvalue weighted by molar-refractivity contribution is 0.673. The lowest BCUT2D eigenvalue weighted by atomic mass is 10.1. The SMILES string of the molecule is c1ccc([Si](c2ccccc2)(c2ccc(-n3c4ccccc4c4cccnc43)cc2)c2cccc(-n3c4ccccc4c4c5oc6ccccc6c5ccc43)c2)cc1. The summed E-state index contributed by atoms with van der Waals surface area (Å²) in [6.07, 6.45) is 1.89. The minimum absolute atomic E-state index is 0.908. The van der Waals surface area contributed by atoms with Crippen LogP contribution in [0.15, 0.2) is 217 Å². The molecule has 4 heterocycles. The molecule has 272 valence electrons. The van der Waals surface area contributed by atoms with E-state index in [0.29, 0.717) is 0 Å². The smallest absolute Gasteiger partial charge is 0.179 e. The Balaban J connectivity index is 1.11. The summed E-state index contributed by atoms with van der Waals surface area (Å²) in [4.78, 5) is 4.88. The molecule has 0 unspecified atom stereocenters. The highest BCUT2D eigenvalue weighted by Crippen LogP contribution is 2.40. The Morgan fingerprint density at radius 1 is 0.379 bits per heavy atom. The molecular formula is C53H35N3OSi. The van der Waals surface area contributed by atoms with E-state index in [-0.39, 0.29) is 0 Å². The standard InChI is InChI=1S/C53H35N3OSi/c1-3-16-38(17-4-1)58(39-18-5-2-6-19-39,40-30-28-36(29-31-40)56-47-25-10-7-21-42(47)45-24-14-34-54-53(45)56)41-20-13-15-37(35-41)55-48-26-11-8-23-46(48)51-49(55)33-32-44-43-22-9-12-27-50(43)57-52(44)51/h1-35H. The molecule has 12 rings (SSSR count). The Labute approximate surface area is 335 Å². The Morgan fingerprint density at radius 3 is 1.74 bits per heavy atom. The zero-order valence-corrected chi connectivity index (χ0v) is 32.5. The molecule has 4 aromatic heterocycles. The van der Waals surface area contributed by atoms with Crippen LogP contribution in [0.4, 0.5) is 0 Å². The van der Waals surface area contributed by atoms with E-state index in [2.05, 4.69) is 203 Å². The van der Waals surface area contributed by atoms with Crippen molar-refractivity contribution in [2.75, 3.05) is 0 Å². The summed E-state index contributed by atoms with van der Waals surface area (Å²) in [5, 5.41) is 12.2. The van der Waals surface area contributed by atoms with Gasteiger partial charge in [0.05, 0.1) is 21.9 Å². The predicted octanol–water partition coefficient (Wildman–Crippen LogP) is 10.6. The van der Waals surface area contributed by atoms with E-state index in [1.165, 1.54) is 31.5 Å². The van der Waals surface area contributed by atoms with Crippen LogP contribution in [-0.2, 0) is 0 Å². The summed E-state index contributed by atoms with van der Waals surface area (Å²) in [7, 11) is -2.92. The van der Waals surface area contributed by atoms with E-state index in [0.717, 1.165) is 66.3 Å². The third-order valence-electron chi connectivity index (χ3n) is 12.1. The minimum Gasteiger partial charge on any atom is -0.455 e. The van der Waals surface area contributed by atoms with E-state index >= 15 is 0 Å². The summed E-state index contributed by atoms with van der Waals surface area (Å²) in [5.41, 5.74) is 8.44. The van der Waals surface area contributed by atoms with Gasteiger partial charge in [0.25, 0.3) is 0 Å². The molecule has 5 heteroatoms. The van der Waals surface area contributed by atoms with Crippen LogP contribution >= 0.6 is 0 Å². The fourth-order valence-electron chi connectivity index (χ4n) is 9.69. The Morgan fingerprint density at radius 2 is 0.983 bits per heavy atom. The van der Waals surface area contributed by atoms with Gasteiger partial charge >= 0.3 is 0 Å². The van der Waals surface area contributed by atoms with Crippen LogP contribution in [0.1, 0.15) is 0 Å². The van der Waals surface area contributed by atoms with Crippen molar-refractivity contribution in [2.24, 2.45) is 0 Å². The first-order valence-electron chi connectivity index (χ1n) is 19.8. The van der Waals surface area contributed by atoms with Crippen LogP contribution < -0.4 is 20.7 Å². The number of hydrogen-bond acceptors (Lipinski definition) is 2. The second-order valence-corrected chi connectivity index (χ2v) is 18.9. The minimum atomic E-state index is -2.92. The first-order valence-corrected chi connectivity index (χ1v) is 21.8. The van der Waals surface area contributed by atoms with Crippen molar-refractivity contribution in [1.82, 2.24) is 14.1 Å². The van der Waals surface area contributed by atoms with Crippen molar-refractivity contribution in [3.8, 4) is 11.4 Å². The quantitative estimate of drug-likeness (QED) is 0.125. The van der Waals surface area contributed by atoms with E-state index in [4.69, 9.17) is 9.40 Å². The molecule has 58 heavy (non-hydrogen) atoms. The van der Waals surface area contributed by atoms with Gasteiger partial charge in [0.2, 0.25) is 0 Å². The molecule has 0 saturated carbocycles. The average molecular weight is 758 g/mol. The molecule has 0 spiro atoms. The summed E-state index contributed by atoms with van der Waals surface area (Å²) in [5.74, 6) is 0. The third kappa shape index (κ3) is 4.65. The summed E-state index contributed by atoms with van der Waals surface area (Å²) < 4.78 is 11.4. The number of aromatic nitrogens is 3. The van der Waals surface area contributed by atoms with Crippen molar-refractivity contribution in [1.29, 1.82) is 0 Å². The van der Waals surface area contributed by atoms with Crippen LogP contribution in [-0.4, -0.2) is 22.2 Å². The molecule has 0 atom stereocenters. The molecule has 0 radical (unpaired) electrons. The predicted molar refractivity (Wildman–Crippen MR) is 244 cm³/mol. The van der Waals surface area contributed by atoms with Gasteiger partial charge in [-0.2, -0.15) is 0 Å². The van der Waals surface area contributed by atoms with Gasteiger partial charge in [0.1, 0.15) is 16.8 Å². The van der Waals surface area contributed by atoms with Gasteiger partial charge in [0.15, 0.2) is 8.07 Å². The number of hydrogen-bond donors (Lipinski definition) is 0. The van der Waals surface area contributed by atoms with Gasteiger partial charge in [-0.15, -0.1) is 0 Å². The van der Waals surface area contributed by atoms with Crippen molar-refractivity contribution in [3.63, 3.8) is 0 Å². The molecule has 0 saturated heterocycles. The van der Waals surface area contributed by atoms with Gasteiger partial charge in [-0.1, -0.05) is 140 Å². The van der Waals surface area contributed by atoms with Gasteiger partial charge in [-0.25, -0.2) is 4.98 Å². The zero-order valence-electron chi connectivity index (χ0n) is 31.5. The van der Waals surface area contributed by atoms with Crippen LogP contribution in [0.25, 0.3) is 77.1 Å². The van der Waals surface area contributed by atoms with E-state index in [1.807, 2.05) is 18.3 Å².